The van der Waals surface area contributed by atoms with Crippen LogP contribution in [-0.4, -0.2) is 61.1 Å². The summed E-state index contributed by atoms with van der Waals surface area (Å²) >= 11 is 0. The lowest BCUT2D eigenvalue weighted by Crippen LogP contribution is -2.49. The smallest absolute Gasteiger partial charge is 0.270 e. The fourth-order valence-corrected chi connectivity index (χ4v) is 3.81. The Kier molecular flexibility index (Phi) is 4.89. The van der Waals surface area contributed by atoms with Crippen LogP contribution in [0.25, 0.3) is 0 Å². The highest BCUT2D eigenvalue weighted by atomic mass is 32.2. The summed E-state index contributed by atoms with van der Waals surface area (Å²) < 4.78 is 26.3. The van der Waals surface area contributed by atoms with Crippen LogP contribution in [0.2, 0.25) is 0 Å². The Morgan fingerprint density at radius 3 is 2.45 bits per heavy atom. The third-order valence-electron chi connectivity index (χ3n) is 3.44. The predicted molar refractivity (Wildman–Crippen MR) is 79.0 cm³/mol. The number of ketones is 1. The van der Waals surface area contributed by atoms with Crippen LogP contribution in [0.5, 0.6) is 0 Å². The molecule has 1 fully saturated rings. The second kappa shape index (κ2) is 6.51. The van der Waals surface area contributed by atoms with Crippen LogP contribution in [0.15, 0.2) is 29.2 Å². The first-order chi connectivity index (χ1) is 10.3. The van der Waals surface area contributed by atoms with Gasteiger partial charge in [0.05, 0.1) is 16.4 Å². The van der Waals surface area contributed by atoms with Gasteiger partial charge in [-0.05, 0) is 13.0 Å². The van der Waals surface area contributed by atoms with Crippen LogP contribution in [0.3, 0.4) is 0 Å². The minimum atomic E-state index is -3.75. The van der Waals surface area contributed by atoms with Crippen molar-refractivity contribution < 1.29 is 18.1 Å². The van der Waals surface area contributed by atoms with Gasteiger partial charge in [-0.25, -0.2) is 8.42 Å². The van der Waals surface area contributed by atoms with Gasteiger partial charge in [0.2, 0.25) is 10.0 Å². The molecule has 22 heavy (non-hydrogen) atoms. The Balaban J connectivity index is 2.13. The van der Waals surface area contributed by atoms with Gasteiger partial charge in [-0.3, -0.25) is 19.8 Å². The third-order valence-corrected chi connectivity index (χ3v) is 5.34. The summed E-state index contributed by atoms with van der Waals surface area (Å²) in [5, 5.41) is 10.8. The van der Waals surface area contributed by atoms with E-state index in [1.54, 1.807) is 0 Å². The number of carbonyl (C=O) groups excluding carboxylic acids is 1. The molecule has 0 aromatic heterocycles. The lowest BCUT2D eigenvalue weighted by Gasteiger charge is -2.33. The van der Waals surface area contributed by atoms with Crippen LogP contribution in [-0.2, 0) is 14.8 Å². The van der Waals surface area contributed by atoms with Crippen LogP contribution in [0.1, 0.15) is 6.92 Å². The third kappa shape index (κ3) is 3.67. The van der Waals surface area contributed by atoms with Gasteiger partial charge >= 0.3 is 0 Å². The lowest BCUT2D eigenvalue weighted by molar-refractivity contribution is -0.385. The van der Waals surface area contributed by atoms with E-state index in [0.717, 1.165) is 6.07 Å². The van der Waals surface area contributed by atoms with Crippen molar-refractivity contribution in [2.45, 2.75) is 11.8 Å². The number of piperazine rings is 1. The summed E-state index contributed by atoms with van der Waals surface area (Å²) in [5.74, 6) is 0.0370. The Labute approximate surface area is 128 Å². The highest BCUT2D eigenvalue weighted by Crippen LogP contribution is 2.21. The minimum absolute atomic E-state index is 0.0370. The summed E-state index contributed by atoms with van der Waals surface area (Å²) in [5.41, 5.74) is -0.253. The van der Waals surface area contributed by atoms with Crippen molar-refractivity contribution in [1.29, 1.82) is 0 Å². The SMILES string of the molecule is CC(=O)CN1CCN(S(=O)(=O)c2cccc([N+](=O)[O-])c2)CC1. The van der Waals surface area contributed by atoms with Crippen molar-refractivity contribution in [3.05, 3.63) is 34.4 Å². The van der Waals surface area contributed by atoms with Crippen molar-refractivity contribution in [2.75, 3.05) is 32.7 Å². The number of rotatable bonds is 5. The molecule has 1 aromatic rings. The molecule has 1 aliphatic heterocycles. The summed E-state index contributed by atoms with van der Waals surface area (Å²) in [6, 6.07) is 5.03. The number of hydrogen-bond acceptors (Lipinski definition) is 6. The van der Waals surface area contributed by atoms with E-state index in [1.807, 2.05) is 4.90 Å². The second-order valence-corrected chi connectivity index (χ2v) is 7.07. The molecular formula is C13H17N3O5S. The molecule has 0 aliphatic carbocycles. The van der Waals surface area contributed by atoms with E-state index >= 15 is 0 Å². The summed E-state index contributed by atoms with van der Waals surface area (Å²) in [4.78, 5) is 23.0. The normalized spacial score (nSPS) is 17.3. The summed E-state index contributed by atoms with van der Waals surface area (Å²) in [7, 11) is -3.75. The molecule has 9 heteroatoms. The van der Waals surface area contributed by atoms with Crippen molar-refractivity contribution >= 4 is 21.5 Å². The molecule has 0 N–H and O–H groups in total. The van der Waals surface area contributed by atoms with Crippen LogP contribution >= 0.6 is 0 Å². The van der Waals surface area contributed by atoms with Crippen molar-refractivity contribution in [3.8, 4) is 0 Å². The van der Waals surface area contributed by atoms with E-state index in [9.17, 15) is 23.3 Å². The summed E-state index contributed by atoms with van der Waals surface area (Å²) in [6.45, 7) is 3.26. The number of hydrogen-bond donors (Lipinski definition) is 0. The standard InChI is InChI=1S/C13H17N3O5S/c1-11(17)10-14-5-7-15(8-6-14)22(20,21)13-4-2-3-12(9-13)16(18)19/h2-4,9H,5-8,10H2,1H3. The fourth-order valence-electron chi connectivity index (χ4n) is 2.35. The Morgan fingerprint density at radius 1 is 1.27 bits per heavy atom. The number of non-ortho nitro benzene ring substituents is 1. The molecule has 120 valence electrons. The van der Waals surface area contributed by atoms with Gasteiger partial charge < -0.3 is 0 Å². The zero-order chi connectivity index (χ0) is 16.3. The largest absolute Gasteiger partial charge is 0.299 e. The predicted octanol–water partition coefficient (Wildman–Crippen LogP) is 0.490. The lowest BCUT2D eigenvalue weighted by atomic mass is 10.3. The first-order valence-electron chi connectivity index (χ1n) is 6.77. The Bertz CT molecular complexity index is 681. The first-order valence-corrected chi connectivity index (χ1v) is 8.21. The number of nitro groups is 1. The highest BCUT2D eigenvalue weighted by molar-refractivity contribution is 7.89. The number of Topliss-reactive ketones (excluding diaryl/α,β-unsaturated/α-hetero) is 1. The monoisotopic (exact) mass is 327 g/mol. The van der Waals surface area contributed by atoms with Crippen molar-refractivity contribution in [2.24, 2.45) is 0 Å². The fraction of sp³-hybridized carbons (Fsp3) is 0.462. The molecular weight excluding hydrogens is 310 g/mol. The summed E-state index contributed by atoms with van der Waals surface area (Å²) in [6.07, 6.45) is 0. The zero-order valence-electron chi connectivity index (χ0n) is 12.1. The number of benzene rings is 1. The van der Waals surface area contributed by atoms with E-state index < -0.39 is 14.9 Å². The molecule has 0 saturated carbocycles. The molecule has 0 radical (unpaired) electrons. The van der Waals surface area contributed by atoms with Crippen LogP contribution < -0.4 is 0 Å². The molecule has 0 unspecified atom stereocenters. The quantitative estimate of drug-likeness (QED) is 0.576. The van der Waals surface area contributed by atoms with Gasteiger partial charge in [0.15, 0.2) is 0 Å². The molecule has 1 aromatic carbocycles. The molecule has 0 amide bonds. The molecule has 2 rings (SSSR count). The average molecular weight is 327 g/mol. The van der Waals surface area contributed by atoms with E-state index in [1.165, 1.54) is 29.4 Å². The molecule has 0 bridgehead atoms. The van der Waals surface area contributed by atoms with Gasteiger partial charge in [0.25, 0.3) is 5.69 Å². The average Bonchev–Trinajstić information content (AvgIpc) is 2.47. The molecule has 1 heterocycles. The molecule has 1 aliphatic rings. The zero-order valence-corrected chi connectivity index (χ0v) is 13.0. The molecule has 0 spiro atoms. The van der Waals surface area contributed by atoms with E-state index in [0.29, 0.717) is 19.6 Å². The van der Waals surface area contributed by atoms with Crippen LogP contribution in [0, 0.1) is 10.1 Å². The van der Waals surface area contributed by atoms with E-state index in [4.69, 9.17) is 0 Å². The Hall–Kier alpha value is -1.84. The van der Waals surface area contributed by atoms with Gasteiger partial charge in [-0.1, -0.05) is 6.07 Å². The molecule has 8 nitrogen and oxygen atoms in total. The Morgan fingerprint density at radius 2 is 1.91 bits per heavy atom. The van der Waals surface area contributed by atoms with Gasteiger partial charge in [0.1, 0.15) is 5.78 Å². The van der Waals surface area contributed by atoms with E-state index in [-0.39, 0.29) is 29.5 Å². The van der Waals surface area contributed by atoms with Crippen molar-refractivity contribution in [3.63, 3.8) is 0 Å². The van der Waals surface area contributed by atoms with Gasteiger partial charge in [0, 0.05) is 38.3 Å². The molecule has 1 saturated heterocycles. The first kappa shape index (κ1) is 16.5. The number of carbonyl (C=O) groups is 1. The second-order valence-electron chi connectivity index (χ2n) is 5.14. The van der Waals surface area contributed by atoms with Crippen molar-refractivity contribution in [1.82, 2.24) is 9.21 Å². The number of nitro benzene ring substituents is 1. The number of sulfonamides is 1. The van der Waals surface area contributed by atoms with Gasteiger partial charge in [-0.15, -0.1) is 0 Å². The van der Waals surface area contributed by atoms with Gasteiger partial charge in [-0.2, -0.15) is 4.31 Å². The highest BCUT2D eigenvalue weighted by Gasteiger charge is 2.29. The maximum absolute atomic E-state index is 12.5. The minimum Gasteiger partial charge on any atom is -0.299 e. The molecule has 0 atom stereocenters. The maximum Gasteiger partial charge on any atom is 0.270 e. The topological polar surface area (TPSA) is 101 Å². The van der Waals surface area contributed by atoms with E-state index in [2.05, 4.69) is 0 Å². The number of nitrogens with zero attached hydrogens (tertiary/aromatic N) is 3. The van der Waals surface area contributed by atoms with Crippen LogP contribution in [0.4, 0.5) is 5.69 Å². The maximum atomic E-state index is 12.5.